The molecule has 2 atom stereocenters. The first-order valence-electron chi connectivity index (χ1n) is 4.74. The second-order valence-corrected chi connectivity index (χ2v) is 3.36. The Kier molecular flexibility index (Phi) is 6.24. The molecule has 0 radical (unpaired) electrons. The van der Waals surface area contributed by atoms with E-state index in [-0.39, 0.29) is 17.9 Å². The van der Waals surface area contributed by atoms with Crippen LogP contribution in [0.4, 0.5) is 0 Å². The fraction of sp³-hybridized carbons (Fsp3) is 0.700. The summed E-state index contributed by atoms with van der Waals surface area (Å²) in [5.74, 6) is 0.131. The van der Waals surface area contributed by atoms with E-state index in [4.69, 9.17) is 5.73 Å². The molecule has 0 saturated carbocycles. The minimum atomic E-state index is 0.0472. The largest absolute Gasteiger partial charge is 0.350 e. The molecule has 1 amide bonds. The van der Waals surface area contributed by atoms with Crippen molar-refractivity contribution < 1.29 is 4.79 Å². The van der Waals surface area contributed by atoms with Crippen LogP contribution in [0.25, 0.3) is 0 Å². The number of nitrogens with one attached hydrogen (secondary N) is 1. The maximum Gasteiger partial charge on any atom is 0.223 e. The van der Waals surface area contributed by atoms with Crippen molar-refractivity contribution in [3.63, 3.8) is 0 Å². The Hall–Kier alpha value is -0.830. The van der Waals surface area contributed by atoms with Gasteiger partial charge < -0.3 is 11.1 Å². The number of nitrogens with two attached hydrogens (primary N) is 1. The second-order valence-electron chi connectivity index (χ2n) is 3.36. The average molecular weight is 184 g/mol. The van der Waals surface area contributed by atoms with Gasteiger partial charge in [0, 0.05) is 12.0 Å². The standard InChI is InChI=1S/C10H20N2O/c1-4-9(3)12-10(13)8(2)6-5-7-11/h4,8-9H,1,5-7,11H2,2-3H3,(H,12,13). The molecule has 0 aliphatic carbocycles. The third-order valence-electron chi connectivity index (χ3n) is 2.01. The summed E-state index contributed by atoms with van der Waals surface area (Å²) in [5, 5.41) is 2.84. The third kappa shape index (κ3) is 5.42. The molecular weight excluding hydrogens is 164 g/mol. The van der Waals surface area contributed by atoms with Gasteiger partial charge in [0.25, 0.3) is 0 Å². The molecule has 0 aliphatic heterocycles. The summed E-state index contributed by atoms with van der Waals surface area (Å²) in [7, 11) is 0. The summed E-state index contributed by atoms with van der Waals surface area (Å²) >= 11 is 0. The van der Waals surface area contributed by atoms with Crippen LogP contribution >= 0.6 is 0 Å². The summed E-state index contributed by atoms with van der Waals surface area (Å²) in [6, 6.07) is 0.0489. The molecule has 2 unspecified atom stereocenters. The summed E-state index contributed by atoms with van der Waals surface area (Å²) < 4.78 is 0. The Labute approximate surface area is 80.4 Å². The highest BCUT2D eigenvalue weighted by Crippen LogP contribution is 2.04. The molecule has 0 aromatic heterocycles. The van der Waals surface area contributed by atoms with E-state index in [1.165, 1.54) is 0 Å². The summed E-state index contributed by atoms with van der Waals surface area (Å²) in [6.07, 6.45) is 3.47. The molecule has 0 saturated heterocycles. The molecule has 0 aromatic carbocycles. The Morgan fingerprint density at radius 1 is 1.62 bits per heavy atom. The minimum Gasteiger partial charge on any atom is -0.350 e. The lowest BCUT2D eigenvalue weighted by molar-refractivity contribution is -0.125. The van der Waals surface area contributed by atoms with Crippen molar-refractivity contribution >= 4 is 5.91 Å². The van der Waals surface area contributed by atoms with E-state index in [9.17, 15) is 4.79 Å². The van der Waals surface area contributed by atoms with Crippen molar-refractivity contribution in [1.29, 1.82) is 0 Å². The van der Waals surface area contributed by atoms with Gasteiger partial charge in [-0.25, -0.2) is 0 Å². The number of carbonyl (C=O) groups excluding carboxylic acids is 1. The fourth-order valence-electron chi connectivity index (χ4n) is 0.981. The molecule has 3 N–H and O–H groups in total. The molecule has 3 heteroatoms. The van der Waals surface area contributed by atoms with Crippen LogP contribution in [0.1, 0.15) is 26.7 Å². The van der Waals surface area contributed by atoms with Crippen molar-refractivity contribution in [2.24, 2.45) is 11.7 Å². The first-order chi connectivity index (χ1) is 6.11. The molecule has 0 bridgehead atoms. The van der Waals surface area contributed by atoms with Gasteiger partial charge in [0.15, 0.2) is 0 Å². The van der Waals surface area contributed by atoms with E-state index < -0.39 is 0 Å². The number of rotatable bonds is 6. The van der Waals surface area contributed by atoms with E-state index >= 15 is 0 Å². The normalized spacial score (nSPS) is 14.7. The van der Waals surface area contributed by atoms with E-state index in [1.807, 2.05) is 13.8 Å². The number of carbonyl (C=O) groups is 1. The number of amides is 1. The molecule has 0 aromatic rings. The van der Waals surface area contributed by atoms with Gasteiger partial charge >= 0.3 is 0 Å². The molecular formula is C10H20N2O. The lowest BCUT2D eigenvalue weighted by Gasteiger charge is -2.14. The molecule has 3 nitrogen and oxygen atoms in total. The van der Waals surface area contributed by atoms with Gasteiger partial charge in [-0.1, -0.05) is 13.0 Å². The molecule has 0 rings (SSSR count). The van der Waals surface area contributed by atoms with Gasteiger partial charge in [-0.2, -0.15) is 0 Å². The van der Waals surface area contributed by atoms with Crippen LogP contribution in [0.3, 0.4) is 0 Å². The fourth-order valence-corrected chi connectivity index (χ4v) is 0.981. The highest BCUT2D eigenvalue weighted by Gasteiger charge is 2.12. The van der Waals surface area contributed by atoms with Crippen molar-refractivity contribution in [3.8, 4) is 0 Å². The first-order valence-corrected chi connectivity index (χ1v) is 4.74. The van der Waals surface area contributed by atoms with Gasteiger partial charge in [0.2, 0.25) is 5.91 Å². The topological polar surface area (TPSA) is 55.1 Å². The lowest BCUT2D eigenvalue weighted by Crippen LogP contribution is -2.35. The zero-order chi connectivity index (χ0) is 10.3. The lowest BCUT2D eigenvalue weighted by atomic mass is 10.0. The van der Waals surface area contributed by atoms with Gasteiger partial charge in [0.05, 0.1) is 0 Å². The molecule has 0 heterocycles. The molecule has 0 aliphatic rings. The third-order valence-corrected chi connectivity index (χ3v) is 2.01. The smallest absolute Gasteiger partial charge is 0.223 e. The Bertz CT molecular complexity index is 168. The quantitative estimate of drug-likeness (QED) is 0.606. The molecule has 0 spiro atoms. The van der Waals surface area contributed by atoms with Crippen molar-refractivity contribution in [2.75, 3.05) is 6.54 Å². The van der Waals surface area contributed by atoms with Crippen LogP contribution in [0.15, 0.2) is 12.7 Å². The Balaban J connectivity index is 3.75. The van der Waals surface area contributed by atoms with Gasteiger partial charge in [0.1, 0.15) is 0 Å². The summed E-state index contributed by atoms with van der Waals surface area (Å²) in [6.45, 7) is 8.07. The zero-order valence-electron chi connectivity index (χ0n) is 8.55. The van der Waals surface area contributed by atoms with Crippen LogP contribution in [-0.4, -0.2) is 18.5 Å². The Morgan fingerprint density at radius 2 is 2.23 bits per heavy atom. The Morgan fingerprint density at radius 3 is 2.69 bits per heavy atom. The van der Waals surface area contributed by atoms with Crippen molar-refractivity contribution in [2.45, 2.75) is 32.7 Å². The van der Waals surface area contributed by atoms with E-state index in [0.29, 0.717) is 6.54 Å². The highest BCUT2D eigenvalue weighted by atomic mass is 16.1. The summed E-state index contributed by atoms with van der Waals surface area (Å²) in [5.41, 5.74) is 5.36. The van der Waals surface area contributed by atoms with Crippen LogP contribution < -0.4 is 11.1 Å². The minimum absolute atomic E-state index is 0.0472. The maximum absolute atomic E-state index is 11.4. The molecule has 0 fully saturated rings. The molecule has 76 valence electrons. The van der Waals surface area contributed by atoms with Gasteiger partial charge in [-0.05, 0) is 26.3 Å². The van der Waals surface area contributed by atoms with Crippen LogP contribution in [0, 0.1) is 5.92 Å². The monoisotopic (exact) mass is 184 g/mol. The van der Waals surface area contributed by atoms with Crippen molar-refractivity contribution in [3.05, 3.63) is 12.7 Å². The number of hydrogen-bond acceptors (Lipinski definition) is 2. The van der Waals surface area contributed by atoms with E-state index in [1.54, 1.807) is 6.08 Å². The van der Waals surface area contributed by atoms with E-state index in [2.05, 4.69) is 11.9 Å². The van der Waals surface area contributed by atoms with Crippen LogP contribution in [0.2, 0.25) is 0 Å². The predicted octanol–water partition coefficient (Wildman–Crippen LogP) is 1.05. The number of hydrogen-bond donors (Lipinski definition) is 2. The average Bonchev–Trinajstić information content (AvgIpc) is 2.13. The second kappa shape index (κ2) is 6.66. The molecule has 13 heavy (non-hydrogen) atoms. The SMILES string of the molecule is C=CC(C)NC(=O)C(C)CCCN. The predicted molar refractivity (Wildman–Crippen MR) is 55.3 cm³/mol. The summed E-state index contributed by atoms with van der Waals surface area (Å²) in [4.78, 5) is 11.4. The first kappa shape index (κ1) is 12.2. The van der Waals surface area contributed by atoms with Crippen LogP contribution in [-0.2, 0) is 4.79 Å². The highest BCUT2D eigenvalue weighted by molar-refractivity contribution is 5.78. The van der Waals surface area contributed by atoms with Crippen molar-refractivity contribution in [1.82, 2.24) is 5.32 Å². The van der Waals surface area contributed by atoms with E-state index in [0.717, 1.165) is 12.8 Å². The van der Waals surface area contributed by atoms with Gasteiger partial charge in [-0.3, -0.25) is 4.79 Å². The van der Waals surface area contributed by atoms with Crippen LogP contribution in [0.5, 0.6) is 0 Å². The van der Waals surface area contributed by atoms with Gasteiger partial charge in [-0.15, -0.1) is 6.58 Å². The zero-order valence-corrected chi connectivity index (χ0v) is 8.55. The maximum atomic E-state index is 11.4.